The van der Waals surface area contributed by atoms with E-state index in [0.29, 0.717) is 11.6 Å². The topological polar surface area (TPSA) is 78.8 Å². The molecule has 0 aliphatic heterocycles. The third-order valence-corrected chi connectivity index (χ3v) is 4.45. The number of aryl methyl sites for hydroxylation is 2. The van der Waals surface area contributed by atoms with Crippen molar-refractivity contribution in [2.75, 3.05) is 5.43 Å². The summed E-state index contributed by atoms with van der Waals surface area (Å²) in [5, 5.41) is 13.6. The number of H-pyrrole nitrogens is 1. The predicted molar refractivity (Wildman–Crippen MR) is 101 cm³/mol. The number of hydrazone groups is 1. The fourth-order valence-electron chi connectivity index (χ4n) is 2.88. The van der Waals surface area contributed by atoms with Crippen LogP contribution in [0.3, 0.4) is 0 Å². The van der Waals surface area contributed by atoms with Crippen LogP contribution in [0.25, 0.3) is 22.1 Å². The molecule has 0 amide bonds. The van der Waals surface area contributed by atoms with E-state index in [9.17, 15) is 0 Å². The highest BCUT2D eigenvalue weighted by molar-refractivity contribution is 6.03. The van der Waals surface area contributed by atoms with Gasteiger partial charge in [-0.1, -0.05) is 30.3 Å². The van der Waals surface area contributed by atoms with E-state index in [-0.39, 0.29) is 0 Å². The van der Waals surface area contributed by atoms with Gasteiger partial charge in [-0.3, -0.25) is 0 Å². The number of nitrogens with one attached hydrogen (secondary N) is 2. The van der Waals surface area contributed by atoms with Crippen LogP contribution >= 0.6 is 0 Å². The minimum Gasteiger partial charge on any atom is -0.338 e. The first-order chi connectivity index (χ1) is 12.1. The summed E-state index contributed by atoms with van der Waals surface area (Å²) in [6.07, 6.45) is 1.76. The molecular formula is C19H18N6. The molecule has 4 rings (SSSR count). The fourth-order valence-corrected chi connectivity index (χ4v) is 2.88. The number of aromatic amines is 1. The van der Waals surface area contributed by atoms with E-state index in [2.05, 4.69) is 63.6 Å². The van der Waals surface area contributed by atoms with Gasteiger partial charge in [-0.25, -0.2) is 5.43 Å². The van der Waals surface area contributed by atoms with Crippen LogP contribution in [0.5, 0.6) is 0 Å². The average molecular weight is 330 g/mol. The van der Waals surface area contributed by atoms with Crippen molar-refractivity contribution in [2.45, 2.75) is 20.8 Å². The molecule has 0 unspecified atom stereocenters. The summed E-state index contributed by atoms with van der Waals surface area (Å²) in [5.74, 6) is 0.357. The molecule has 6 heteroatoms. The van der Waals surface area contributed by atoms with Gasteiger partial charge < -0.3 is 4.98 Å². The lowest BCUT2D eigenvalue weighted by Gasteiger charge is -2.05. The van der Waals surface area contributed by atoms with E-state index >= 15 is 0 Å². The lowest BCUT2D eigenvalue weighted by atomic mass is 10.0. The molecule has 2 heterocycles. The number of hydrogen-bond donors (Lipinski definition) is 2. The first-order valence-electron chi connectivity index (χ1n) is 8.10. The number of aromatic nitrogens is 4. The molecule has 0 atom stereocenters. The number of para-hydroxylation sites is 1. The van der Waals surface area contributed by atoms with E-state index in [4.69, 9.17) is 0 Å². The first kappa shape index (κ1) is 15.3. The molecule has 0 fully saturated rings. The Kier molecular flexibility index (Phi) is 3.65. The third-order valence-electron chi connectivity index (χ3n) is 4.45. The highest BCUT2D eigenvalue weighted by Gasteiger charge is 2.08. The normalized spacial score (nSPS) is 11.6. The summed E-state index contributed by atoms with van der Waals surface area (Å²) in [4.78, 5) is 7.68. The quantitative estimate of drug-likeness (QED) is 0.441. The number of hydrogen-bond acceptors (Lipinski definition) is 5. The second kappa shape index (κ2) is 5.98. The van der Waals surface area contributed by atoms with E-state index in [1.165, 1.54) is 16.7 Å². The second-order valence-electron chi connectivity index (χ2n) is 6.15. The molecule has 0 bridgehead atoms. The molecular weight excluding hydrogens is 312 g/mol. The van der Waals surface area contributed by atoms with Gasteiger partial charge in [-0.2, -0.15) is 10.1 Å². The molecule has 0 aliphatic carbocycles. The number of benzene rings is 2. The lowest BCUT2D eigenvalue weighted by molar-refractivity contribution is 1.01. The summed E-state index contributed by atoms with van der Waals surface area (Å²) >= 11 is 0. The Morgan fingerprint density at radius 1 is 1.04 bits per heavy atom. The maximum absolute atomic E-state index is 4.44. The summed E-state index contributed by atoms with van der Waals surface area (Å²) in [7, 11) is 0. The number of rotatable bonds is 3. The number of anilines is 1. The molecule has 0 aliphatic rings. The van der Waals surface area contributed by atoms with E-state index < -0.39 is 0 Å². The van der Waals surface area contributed by atoms with Crippen LogP contribution in [-0.2, 0) is 0 Å². The molecule has 0 radical (unpaired) electrons. The lowest BCUT2D eigenvalue weighted by Crippen LogP contribution is -1.99. The van der Waals surface area contributed by atoms with Gasteiger partial charge in [0.1, 0.15) is 5.52 Å². The zero-order chi connectivity index (χ0) is 17.4. The second-order valence-corrected chi connectivity index (χ2v) is 6.15. The largest absolute Gasteiger partial charge is 0.338 e. The highest BCUT2D eigenvalue weighted by atomic mass is 15.4. The van der Waals surface area contributed by atoms with Gasteiger partial charge >= 0.3 is 0 Å². The van der Waals surface area contributed by atoms with Gasteiger partial charge in [0.2, 0.25) is 0 Å². The van der Waals surface area contributed by atoms with Crippen molar-refractivity contribution in [2.24, 2.45) is 5.10 Å². The molecule has 2 N–H and O–H groups in total. The minimum atomic E-state index is 0.357. The SMILES string of the molecule is Cc1cc(/C=N/Nc2nnc3c(n2)[nH]c2ccccc23)cc(C)c1C. The van der Waals surface area contributed by atoms with Crippen LogP contribution in [0.15, 0.2) is 41.5 Å². The monoisotopic (exact) mass is 330 g/mol. The van der Waals surface area contributed by atoms with Gasteiger partial charge in [0, 0.05) is 10.9 Å². The average Bonchev–Trinajstić information content (AvgIpc) is 2.97. The van der Waals surface area contributed by atoms with Crippen molar-refractivity contribution >= 4 is 34.2 Å². The van der Waals surface area contributed by atoms with Crippen LogP contribution in [0.2, 0.25) is 0 Å². The molecule has 0 saturated carbocycles. The molecule has 4 aromatic rings. The summed E-state index contributed by atoms with van der Waals surface area (Å²) in [6.45, 7) is 6.33. The highest BCUT2D eigenvalue weighted by Crippen LogP contribution is 2.21. The van der Waals surface area contributed by atoms with E-state index in [1.54, 1.807) is 6.21 Å². The van der Waals surface area contributed by atoms with Gasteiger partial charge in [0.05, 0.1) is 6.21 Å². The Morgan fingerprint density at radius 3 is 2.60 bits per heavy atom. The maximum atomic E-state index is 4.44. The Balaban J connectivity index is 1.59. The van der Waals surface area contributed by atoms with Gasteiger partial charge in [0.15, 0.2) is 5.65 Å². The summed E-state index contributed by atoms with van der Waals surface area (Å²) < 4.78 is 0. The van der Waals surface area contributed by atoms with Crippen molar-refractivity contribution < 1.29 is 0 Å². The van der Waals surface area contributed by atoms with Crippen LogP contribution in [-0.4, -0.2) is 26.4 Å². The van der Waals surface area contributed by atoms with Crippen molar-refractivity contribution in [1.29, 1.82) is 0 Å². The Bertz CT molecular complexity index is 1090. The standard InChI is InChI=1S/C19H18N6/c1-11-8-14(9-12(2)13(11)3)10-20-24-19-22-18-17(23-25-19)15-6-4-5-7-16(15)21-18/h4-10H,1-3H3,(H2,21,22,24,25)/b20-10+. The fraction of sp³-hybridized carbons (Fsp3) is 0.158. The summed E-state index contributed by atoms with van der Waals surface area (Å²) in [5.41, 5.74) is 10.1. The molecule has 0 spiro atoms. The predicted octanol–water partition coefficient (Wildman–Crippen LogP) is 3.88. The number of nitrogens with zero attached hydrogens (tertiary/aromatic N) is 4. The smallest absolute Gasteiger partial charge is 0.265 e. The van der Waals surface area contributed by atoms with Crippen LogP contribution in [0, 0.1) is 20.8 Å². The van der Waals surface area contributed by atoms with Crippen molar-refractivity contribution in [3.8, 4) is 0 Å². The van der Waals surface area contributed by atoms with E-state index in [0.717, 1.165) is 22.0 Å². The summed E-state index contributed by atoms with van der Waals surface area (Å²) in [6, 6.07) is 12.1. The number of fused-ring (bicyclic) bond motifs is 3. The maximum Gasteiger partial charge on any atom is 0.265 e. The molecule has 124 valence electrons. The van der Waals surface area contributed by atoms with Crippen molar-refractivity contribution in [1.82, 2.24) is 20.2 Å². The van der Waals surface area contributed by atoms with Crippen molar-refractivity contribution in [3.05, 3.63) is 58.7 Å². The van der Waals surface area contributed by atoms with E-state index in [1.807, 2.05) is 24.3 Å². The Labute approximate surface area is 145 Å². The van der Waals surface area contributed by atoms with Crippen LogP contribution in [0.1, 0.15) is 22.3 Å². The van der Waals surface area contributed by atoms with Crippen LogP contribution < -0.4 is 5.43 Å². The first-order valence-corrected chi connectivity index (χ1v) is 8.10. The molecule has 6 nitrogen and oxygen atoms in total. The van der Waals surface area contributed by atoms with Crippen LogP contribution in [0.4, 0.5) is 5.95 Å². The minimum absolute atomic E-state index is 0.357. The van der Waals surface area contributed by atoms with Gasteiger partial charge in [-0.05, 0) is 49.1 Å². The molecule has 2 aromatic carbocycles. The Morgan fingerprint density at radius 2 is 1.80 bits per heavy atom. The Hall–Kier alpha value is -3.28. The van der Waals surface area contributed by atoms with Crippen molar-refractivity contribution in [3.63, 3.8) is 0 Å². The zero-order valence-electron chi connectivity index (χ0n) is 14.3. The zero-order valence-corrected chi connectivity index (χ0v) is 14.3. The van der Waals surface area contributed by atoms with Gasteiger partial charge in [-0.15, -0.1) is 10.2 Å². The molecule has 2 aromatic heterocycles. The van der Waals surface area contributed by atoms with Gasteiger partial charge in [0.25, 0.3) is 5.95 Å². The third kappa shape index (κ3) is 2.82. The molecule has 0 saturated heterocycles. The molecule has 25 heavy (non-hydrogen) atoms.